The van der Waals surface area contributed by atoms with Crippen LogP contribution in [0, 0.1) is 6.92 Å². The first kappa shape index (κ1) is 17.6. The molecule has 1 N–H and O–H groups in total. The van der Waals surface area contributed by atoms with Crippen molar-refractivity contribution in [3.8, 4) is 0 Å². The Morgan fingerprint density at radius 3 is 2.56 bits per heavy atom. The van der Waals surface area contributed by atoms with Crippen molar-refractivity contribution in [2.75, 3.05) is 27.2 Å². The van der Waals surface area contributed by atoms with Crippen LogP contribution in [0.1, 0.15) is 28.0 Å². The zero-order valence-corrected chi connectivity index (χ0v) is 15.0. The Hall–Kier alpha value is -2.24. The highest BCUT2D eigenvalue weighted by molar-refractivity contribution is 5.95. The number of hydrogen-bond donors (Lipinski definition) is 1. The van der Waals surface area contributed by atoms with Gasteiger partial charge in [0.05, 0.1) is 17.2 Å². The average Bonchev–Trinajstić information content (AvgIpc) is 2.62. The van der Waals surface area contributed by atoms with Gasteiger partial charge in [-0.1, -0.05) is 30.3 Å². The molecule has 5 heteroatoms. The topological polar surface area (TPSA) is 56.7 Å². The van der Waals surface area contributed by atoms with Crippen molar-refractivity contribution in [3.05, 3.63) is 65.5 Å². The highest BCUT2D eigenvalue weighted by Crippen LogP contribution is 2.38. The fourth-order valence-corrected chi connectivity index (χ4v) is 3.83. The van der Waals surface area contributed by atoms with Crippen LogP contribution in [0.15, 0.2) is 48.7 Å². The Balaban J connectivity index is 1.87. The first-order valence-electron chi connectivity index (χ1n) is 8.58. The Bertz CT molecular complexity index is 748. The minimum absolute atomic E-state index is 0.0648. The Morgan fingerprint density at radius 2 is 1.96 bits per heavy atom. The highest BCUT2D eigenvalue weighted by atomic mass is 16.3. The SMILES string of the molecule is Cc1ncccc1C(=O)N1CC[C@@](c2ccccc2)(N(C)C)[C@H](O)C1. The largest absolute Gasteiger partial charge is 0.389 e. The molecular formula is C20H25N3O2. The summed E-state index contributed by atoms with van der Waals surface area (Å²) in [5.41, 5.74) is 1.92. The van der Waals surface area contributed by atoms with Gasteiger partial charge in [-0.15, -0.1) is 0 Å². The van der Waals surface area contributed by atoms with Gasteiger partial charge in [-0.25, -0.2) is 0 Å². The summed E-state index contributed by atoms with van der Waals surface area (Å²) in [5.74, 6) is -0.0648. The van der Waals surface area contributed by atoms with Crippen molar-refractivity contribution in [1.29, 1.82) is 0 Å². The highest BCUT2D eigenvalue weighted by Gasteiger charge is 2.46. The number of hydrogen-bond acceptors (Lipinski definition) is 4. The maximum atomic E-state index is 12.8. The summed E-state index contributed by atoms with van der Waals surface area (Å²) in [6.07, 6.45) is 1.69. The summed E-state index contributed by atoms with van der Waals surface area (Å²) >= 11 is 0. The van der Waals surface area contributed by atoms with Gasteiger partial charge in [0.1, 0.15) is 0 Å². The number of likely N-dealkylation sites (N-methyl/N-ethyl adjacent to an activating group) is 1. The van der Waals surface area contributed by atoms with Gasteiger partial charge in [0.15, 0.2) is 0 Å². The second-order valence-corrected chi connectivity index (χ2v) is 6.84. The molecule has 0 spiro atoms. The number of piperidine rings is 1. The molecule has 1 saturated heterocycles. The summed E-state index contributed by atoms with van der Waals surface area (Å²) in [5, 5.41) is 11.0. The molecule has 1 amide bonds. The molecule has 3 rings (SSSR count). The molecular weight excluding hydrogens is 314 g/mol. The second kappa shape index (κ2) is 6.94. The lowest BCUT2D eigenvalue weighted by Crippen LogP contribution is -2.60. The quantitative estimate of drug-likeness (QED) is 0.930. The lowest BCUT2D eigenvalue weighted by atomic mass is 9.77. The van der Waals surface area contributed by atoms with Gasteiger partial charge in [-0.05, 0) is 45.1 Å². The number of aryl methyl sites for hydroxylation is 1. The van der Waals surface area contributed by atoms with E-state index in [0.717, 1.165) is 11.3 Å². The van der Waals surface area contributed by atoms with Crippen LogP contribution in [0.2, 0.25) is 0 Å². The van der Waals surface area contributed by atoms with E-state index in [1.165, 1.54) is 0 Å². The normalized spacial score (nSPS) is 23.7. The molecule has 2 heterocycles. The molecule has 1 aliphatic heterocycles. The van der Waals surface area contributed by atoms with Crippen LogP contribution in [0.5, 0.6) is 0 Å². The third-order valence-electron chi connectivity index (χ3n) is 5.30. The van der Waals surface area contributed by atoms with Crippen LogP contribution in [0.4, 0.5) is 0 Å². The molecule has 2 aromatic rings. The van der Waals surface area contributed by atoms with E-state index in [9.17, 15) is 9.90 Å². The Labute approximate surface area is 148 Å². The number of pyridine rings is 1. The number of amides is 1. The summed E-state index contributed by atoms with van der Waals surface area (Å²) < 4.78 is 0. The first-order valence-corrected chi connectivity index (χ1v) is 8.58. The van der Waals surface area contributed by atoms with Crippen molar-refractivity contribution >= 4 is 5.91 Å². The van der Waals surface area contributed by atoms with Gasteiger partial charge in [-0.2, -0.15) is 0 Å². The van der Waals surface area contributed by atoms with Crippen molar-refractivity contribution in [3.63, 3.8) is 0 Å². The monoisotopic (exact) mass is 339 g/mol. The number of aliphatic hydroxyl groups excluding tert-OH is 1. The van der Waals surface area contributed by atoms with Crippen molar-refractivity contribution < 1.29 is 9.90 Å². The van der Waals surface area contributed by atoms with Gasteiger partial charge >= 0.3 is 0 Å². The van der Waals surface area contributed by atoms with Crippen LogP contribution in [-0.4, -0.2) is 59.1 Å². The minimum Gasteiger partial charge on any atom is -0.389 e. The van der Waals surface area contributed by atoms with E-state index in [1.54, 1.807) is 23.2 Å². The smallest absolute Gasteiger partial charge is 0.255 e. The maximum absolute atomic E-state index is 12.8. The standard InChI is InChI=1S/C20H25N3O2/c1-15-17(10-7-12-21-15)19(25)23-13-11-20(22(2)3,18(24)14-23)16-8-5-4-6-9-16/h4-10,12,18,24H,11,13-14H2,1-3H3/t18-,20+/m1/s1. The Kier molecular flexibility index (Phi) is 4.88. The number of aliphatic hydroxyl groups is 1. The molecule has 132 valence electrons. The molecule has 0 saturated carbocycles. The molecule has 1 aromatic carbocycles. The number of rotatable bonds is 3. The fourth-order valence-electron chi connectivity index (χ4n) is 3.83. The molecule has 1 aliphatic rings. The van der Waals surface area contributed by atoms with E-state index >= 15 is 0 Å². The van der Waals surface area contributed by atoms with Crippen molar-refractivity contribution in [2.45, 2.75) is 25.0 Å². The third-order valence-corrected chi connectivity index (χ3v) is 5.30. The fraction of sp³-hybridized carbons (Fsp3) is 0.400. The first-order chi connectivity index (χ1) is 12.0. The molecule has 2 atom stereocenters. The number of carbonyl (C=O) groups excluding carboxylic acids is 1. The van der Waals surface area contributed by atoms with Crippen LogP contribution in [0.25, 0.3) is 0 Å². The average molecular weight is 339 g/mol. The number of likely N-dealkylation sites (tertiary alicyclic amines) is 1. The molecule has 0 aliphatic carbocycles. The Morgan fingerprint density at radius 1 is 1.24 bits per heavy atom. The zero-order chi connectivity index (χ0) is 18.0. The molecule has 0 radical (unpaired) electrons. The van der Waals surface area contributed by atoms with E-state index in [-0.39, 0.29) is 5.91 Å². The molecule has 0 unspecified atom stereocenters. The van der Waals surface area contributed by atoms with Gasteiger partial charge in [0, 0.05) is 25.0 Å². The molecule has 5 nitrogen and oxygen atoms in total. The number of aromatic nitrogens is 1. The van der Waals surface area contributed by atoms with Gasteiger partial charge in [0.2, 0.25) is 0 Å². The molecule has 1 aromatic heterocycles. The number of carbonyl (C=O) groups is 1. The number of benzene rings is 1. The van der Waals surface area contributed by atoms with Gasteiger partial charge in [-0.3, -0.25) is 14.7 Å². The van der Waals surface area contributed by atoms with Crippen LogP contribution in [-0.2, 0) is 5.54 Å². The van der Waals surface area contributed by atoms with Gasteiger partial charge in [0.25, 0.3) is 5.91 Å². The van der Waals surface area contributed by atoms with Crippen molar-refractivity contribution in [2.24, 2.45) is 0 Å². The molecule has 0 bridgehead atoms. The number of nitrogens with zero attached hydrogens (tertiary/aromatic N) is 3. The van der Waals surface area contributed by atoms with E-state index in [0.29, 0.717) is 25.1 Å². The second-order valence-electron chi connectivity index (χ2n) is 6.84. The molecule has 1 fully saturated rings. The van der Waals surface area contributed by atoms with Gasteiger partial charge < -0.3 is 10.0 Å². The van der Waals surface area contributed by atoms with Crippen molar-refractivity contribution in [1.82, 2.24) is 14.8 Å². The minimum atomic E-state index is -0.667. The predicted molar refractivity (Wildman–Crippen MR) is 97.3 cm³/mol. The van der Waals surface area contributed by atoms with E-state index in [1.807, 2.05) is 51.4 Å². The zero-order valence-electron chi connectivity index (χ0n) is 15.0. The van der Waals surface area contributed by atoms with Crippen LogP contribution >= 0.6 is 0 Å². The van der Waals surface area contributed by atoms with Crippen LogP contribution in [0.3, 0.4) is 0 Å². The molecule has 25 heavy (non-hydrogen) atoms. The summed E-state index contributed by atoms with van der Waals surface area (Å²) in [4.78, 5) is 20.9. The van der Waals surface area contributed by atoms with E-state index in [2.05, 4.69) is 9.88 Å². The summed E-state index contributed by atoms with van der Waals surface area (Å²) in [6, 6.07) is 13.6. The maximum Gasteiger partial charge on any atom is 0.255 e. The van der Waals surface area contributed by atoms with E-state index in [4.69, 9.17) is 0 Å². The predicted octanol–water partition coefficient (Wildman–Crippen LogP) is 2.05. The lowest BCUT2D eigenvalue weighted by molar-refractivity contribution is -0.0612. The summed E-state index contributed by atoms with van der Waals surface area (Å²) in [6.45, 7) is 2.74. The van der Waals surface area contributed by atoms with E-state index < -0.39 is 11.6 Å². The number of β-amino-alcohol motifs (C(OH)–C–C–N with tert-alkyl or cyclic N) is 1. The van der Waals surface area contributed by atoms with Crippen LogP contribution < -0.4 is 0 Å². The third kappa shape index (κ3) is 3.05. The lowest BCUT2D eigenvalue weighted by Gasteiger charge is -2.49. The summed E-state index contributed by atoms with van der Waals surface area (Å²) in [7, 11) is 3.97.